The fourth-order valence-electron chi connectivity index (χ4n) is 5.24. The first-order chi connectivity index (χ1) is 13.2. The largest absolute Gasteiger partial charge is 0.372 e. The Kier molecular flexibility index (Phi) is 6.02. The molecule has 0 unspecified atom stereocenters. The second-order valence-electron chi connectivity index (χ2n) is 8.81. The molecule has 0 bridgehead atoms. The molecule has 0 fully saturated rings. The van der Waals surface area contributed by atoms with E-state index in [1.807, 2.05) is 24.3 Å². The van der Waals surface area contributed by atoms with Crippen LogP contribution in [0.4, 0.5) is 0 Å². The molecule has 0 saturated carbocycles. The Bertz CT molecular complexity index is 964. The molecule has 0 saturated heterocycles. The number of nitrogens with zero attached hydrogens (tertiary/aromatic N) is 1. The van der Waals surface area contributed by atoms with E-state index in [1.165, 1.54) is 11.1 Å². The second kappa shape index (κ2) is 8.00. The summed E-state index contributed by atoms with van der Waals surface area (Å²) in [5.41, 5.74) is 4.19. The SMILES string of the molecule is Cc1ccc([S@](=O)c2cn([Si](C(C)C)(C(C)C)C(C)C)c3ccccc23)cc1. The normalized spacial score (nSPS) is 13.8. The van der Waals surface area contributed by atoms with Crippen molar-refractivity contribution in [3.63, 3.8) is 0 Å². The number of hydrogen-bond donors (Lipinski definition) is 0. The molecular weight excluding hydrogens is 378 g/mol. The van der Waals surface area contributed by atoms with Gasteiger partial charge in [0.15, 0.2) is 8.24 Å². The van der Waals surface area contributed by atoms with E-state index >= 15 is 0 Å². The fraction of sp³-hybridized carbons (Fsp3) is 0.417. The van der Waals surface area contributed by atoms with Crippen LogP contribution in [-0.4, -0.2) is 16.7 Å². The molecule has 150 valence electrons. The van der Waals surface area contributed by atoms with Crippen molar-refractivity contribution in [1.82, 2.24) is 4.23 Å². The lowest BCUT2D eigenvalue weighted by Crippen LogP contribution is -2.51. The van der Waals surface area contributed by atoms with Gasteiger partial charge < -0.3 is 4.23 Å². The van der Waals surface area contributed by atoms with Gasteiger partial charge in [0.25, 0.3) is 0 Å². The van der Waals surface area contributed by atoms with Gasteiger partial charge >= 0.3 is 0 Å². The minimum absolute atomic E-state index is 0.587. The van der Waals surface area contributed by atoms with Gasteiger partial charge in [-0.3, -0.25) is 0 Å². The fourth-order valence-corrected chi connectivity index (χ4v) is 13.2. The molecule has 1 atom stereocenters. The number of aromatic nitrogens is 1. The predicted octanol–water partition coefficient (Wildman–Crippen LogP) is 7.14. The molecule has 0 amide bonds. The van der Waals surface area contributed by atoms with E-state index in [0.29, 0.717) is 16.6 Å². The summed E-state index contributed by atoms with van der Waals surface area (Å²) in [5.74, 6) is 0. The molecule has 0 N–H and O–H groups in total. The molecule has 28 heavy (non-hydrogen) atoms. The Labute approximate surface area is 173 Å². The number of benzene rings is 2. The summed E-state index contributed by atoms with van der Waals surface area (Å²) < 4.78 is 16.1. The van der Waals surface area contributed by atoms with Crippen molar-refractivity contribution < 1.29 is 4.21 Å². The van der Waals surface area contributed by atoms with Gasteiger partial charge in [-0.05, 0) is 41.7 Å². The highest BCUT2D eigenvalue weighted by Gasteiger charge is 2.46. The maximum atomic E-state index is 13.5. The van der Waals surface area contributed by atoms with Crippen molar-refractivity contribution >= 4 is 29.9 Å². The number of rotatable bonds is 6. The third-order valence-corrected chi connectivity index (χ3v) is 14.5. The molecule has 2 aromatic carbocycles. The van der Waals surface area contributed by atoms with Crippen molar-refractivity contribution in [3.05, 3.63) is 60.3 Å². The lowest BCUT2D eigenvalue weighted by atomic mass is 10.2. The zero-order chi connectivity index (χ0) is 20.6. The highest BCUT2D eigenvalue weighted by Crippen LogP contribution is 2.45. The van der Waals surface area contributed by atoms with Gasteiger partial charge in [0.2, 0.25) is 0 Å². The van der Waals surface area contributed by atoms with Gasteiger partial charge in [-0.25, -0.2) is 4.21 Å². The van der Waals surface area contributed by atoms with Gasteiger partial charge in [-0.1, -0.05) is 77.4 Å². The predicted molar refractivity (Wildman–Crippen MR) is 124 cm³/mol. The maximum Gasteiger partial charge on any atom is 0.169 e. The van der Waals surface area contributed by atoms with Crippen LogP contribution < -0.4 is 0 Å². The van der Waals surface area contributed by atoms with Gasteiger partial charge in [0.05, 0.1) is 15.7 Å². The average Bonchev–Trinajstić information content (AvgIpc) is 3.01. The van der Waals surface area contributed by atoms with Crippen LogP contribution >= 0.6 is 0 Å². The molecule has 0 aliphatic rings. The van der Waals surface area contributed by atoms with Gasteiger partial charge in [-0.2, -0.15) is 0 Å². The zero-order valence-electron chi connectivity index (χ0n) is 18.2. The number of hydrogen-bond acceptors (Lipinski definition) is 1. The highest BCUT2D eigenvalue weighted by atomic mass is 32.2. The van der Waals surface area contributed by atoms with E-state index in [-0.39, 0.29) is 0 Å². The smallest absolute Gasteiger partial charge is 0.169 e. The zero-order valence-corrected chi connectivity index (χ0v) is 20.0. The van der Waals surface area contributed by atoms with E-state index in [2.05, 4.69) is 83.2 Å². The minimum atomic E-state index is -1.92. The number of para-hydroxylation sites is 1. The molecule has 0 radical (unpaired) electrons. The summed E-state index contributed by atoms with van der Waals surface area (Å²) in [6, 6.07) is 16.6. The van der Waals surface area contributed by atoms with E-state index in [9.17, 15) is 4.21 Å². The van der Waals surface area contributed by atoms with Crippen molar-refractivity contribution in [2.45, 2.75) is 74.9 Å². The summed E-state index contributed by atoms with van der Waals surface area (Å²) in [7, 11) is -3.10. The molecule has 3 aromatic rings. The van der Waals surface area contributed by atoms with Crippen LogP contribution in [0.3, 0.4) is 0 Å². The van der Waals surface area contributed by atoms with Crippen molar-refractivity contribution in [2.24, 2.45) is 0 Å². The first-order valence-electron chi connectivity index (χ1n) is 10.3. The van der Waals surface area contributed by atoms with Crippen LogP contribution in [-0.2, 0) is 10.8 Å². The van der Waals surface area contributed by atoms with E-state index < -0.39 is 19.0 Å². The first-order valence-corrected chi connectivity index (χ1v) is 13.6. The van der Waals surface area contributed by atoms with Gasteiger partial charge in [-0.15, -0.1) is 0 Å². The number of aryl methyl sites for hydroxylation is 1. The quantitative estimate of drug-likeness (QED) is 0.395. The molecular formula is C24H33NOSSi. The van der Waals surface area contributed by atoms with E-state index in [4.69, 9.17) is 0 Å². The molecule has 0 aliphatic heterocycles. The first kappa shape index (κ1) is 21.1. The Hall–Kier alpha value is -1.65. The summed E-state index contributed by atoms with van der Waals surface area (Å²) in [5, 5.41) is 1.13. The maximum absolute atomic E-state index is 13.5. The second-order valence-corrected chi connectivity index (χ2v) is 16.0. The van der Waals surface area contributed by atoms with E-state index in [1.54, 1.807) is 0 Å². The van der Waals surface area contributed by atoms with Crippen LogP contribution in [0.5, 0.6) is 0 Å². The topological polar surface area (TPSA) is 22.0 Å². The summed E-state index contributed by atoms with van der Waals surface area (Å²) in [6.45, 7) is 16.3. The lowest BCUT2D eigenvalue weighted by molar-refractivity contribution is 0.683. The molecule has 0 spiro atoms. The summed E-state index contributed by atoms with van der Waals surface area (Å²) >= 11 is 0. The highest BCUT2D eigenvalue weighted by molar-refractivity contribution is 7.85. The van der Waals surface area contributed by atoms with Crippen molar-refractivity contribution in [3.8, 4) is 0 Å². The van der Waals surface area contributed by atoms with Gasteiger partial charge in [0, 0.05) is 22.0 Å². The van der Waals surface area contributed by atoms with Gasteiger partial charge in [0.1, 0.15) is 0 Å². The van der Waals surface area contributed by atoms with Crippen LogP contribution in [0.25, 0.3) is 10.9 Å². The minimum Gasteiger partial charge on any atom is -0.372 e. The molecule has 3 rings (SSSR count). The Morgan fingerprint density at radius 2 is 1.36 bits per heavy atom. The van der Waals surface area contributed by atoms with Crippen LogP contribution in [0.2, 0.25) is 16.6 Å². The Morgan fingerprint density at radius 3 is 1.89 bits per heavy atom. The van der Waals surface area contributed by atoms with Crippen molar-refractivity contribution in [1.29, 1.82) is 0 Å². The third kappa shape index (κ3) is 3.31. The van der Waals surface area contributed by atoms with Crippen LogP contribution in [0, 0.1) is 6.92 Å². The van der Waals surface area contributed by atoms with E-state index in [0.717, 1.165) is 15.2 Å². The average molecular weight is 412 g/mol. The summed E-state index contributed by atoms with van der Waals surface area (Å²) in [6.07, 6.45) is 2.23. The Balaban J connectivity index is 2.29. The molecule has 4 heteroatoms. The van der Waals surface area contributed by atoms with Crippen LogP contribution in [0.15, 0.2) is 64.5 Å². The lowest BCUT2D eigenvalue weighted by Gasteiger charge is -2.44. The molecule has 2 nitrogen and oxygen atoms in total. The third-order valence-electron chi connectivity index (χ3n) is 6.30. The standard InChI is InChI=1S/C24H33NOSSi/c1-17(2)28(18(3)4,19(5)6)25-16-24(22-10-8-9-11-23(22)25)27(26)21-14-12-20(7)13-15-21/h8-19H,1-7H3/t27-/m0/s1. The van der Waals surface area contributed by atoms with Crippen LogP contribution in [0.1, 0.15) is 47.1 Å². The Morgan fingerprint density at radius 1 is 0.821 bits per heavy atom. The monoisotopic (exact) mass is 411 g/mol. The number of fused-ring (bicyclic) bond motifs is 1. The summed E-state index contributed by atoms with van der Waals surface area (Å²) in [4.78, 5) is 1.82. The van der Waals surface area contributed by atoms with Crippen molar-refractivity contribution in [2.75, 3.05) is 0 Å². The molecule has 1 heterocycles. The molecule has 1 aromatic heterocycles. The molecule has 0 aliphatic carbocycles.